The molecule has 162 valence electrons. The van der Waals surface area contributed by atoms with Crippen molar-refractivity contribution in [3.8, 4) is 5.75 Å². The number of ether oxygens (including phenoxy) is 1. The monoisotopic (exact) mass is 464 g/mol. The molecule has 0 aromatic heterocycles. The van der Waals surface area contributed by atoms with Crippen molar-refractivity contribution in [1.82, 2.24) is 0 Å². The largest absolute Gasteiger partial charge is 0.489 e. The molecule has 0 aliphatic carbocycles. The fraction of sp³-hybridized carbons (Fsp3) is 0.739. The minimum absolute atomic E-state index is 0.0796. The molecular weight excluding hydrogens is 429 g/mol. The highest BCUT2D eigenvalue weighted by atomic mass is 79.9. The topological polar surface area (TPSA) is 9.23 Å². The lowest BCUT2D eigenvalue weighted by molar-refractivity contribution is -0.140. The zero-order valence-corrected chi connectivity index (χ0v) is 19.8. The van der Waals surface area contributed by atoms with Crippen LogP contribution < -0.4 is 4.74 Å². The molecular formula is C23H36BrF3O. The smallest absolute Gasteiger partial charge is 0.420 e. The Hall–Kier alpha value is -0.710. The molecule has 0 radical (unpaired) electrons. The zero-order chi connectivity index (χ0) is 21.6. The Bertz CT molecular complexity index is 603. The number of rotatable bonds is 10. The predicted octanol–water partition coefficient (Wildman–Crippen LogP) is 9.04. The Morgan fingerprint density at radius 1 is 0.929 bits per heavy atom. The first-order valence-electron chi connectivity index (χ1n) is 10.3. The van der Waals surface area contributed by atoms with Gasteiger partial charge in [0.1, 0.15) is 11.9 Å². The first kappa shape index (κ1) is 25.3. The van der Waals surface area contributed by atoms with Crippen LogP contribution >= 0.6 is 15.9 Å². The van der Waals surface area contributed by atoms with Crippen molar-refractivity contribution >= 4 is 15.9 Å². The molecule has 0 aliphatic heterocycles. The molecule has 0 aliphatic rings. The van der Waals surface area contributed by atoms with E-state index in [9.17, 15) is 13.2 Å². The Morgan fingerprint density at radius 3 is 2.04 bits per heavy atom. The Morgan fingerprint density at radius 2 is 1.50 bits per heavy atom. The van der Waals surface area contributed by atoms with Gasteiger partial charge in [0.05, 0.1) is 5.56 Å². The number of halogens is 4. The first-order chi connectivity index (χ1) is 12.8. The van der Waals surface area contributed by atoms with Crippen LogP contribution in [0.3, 0.4) is 0 Å². The SMILES string of the molecule is CCCCCCCCC(Oc1ccc(Br)cc1C(F)(F)F)C(C)(C)C(C)(C)C. The number of hydrogen-bond acceptors (Lipinski definition) is 1. The summed E-state index contributed by atoms with van der Waals surface area (Å²) < 4.78 is 47.1. The van der Waals surface area contributed by atoms with Gasteiger partial charge in [-0.1, -0.05) is 89.6 Å². The van der Waals surface area contributed by atoms with E-state index in [1.54, 1.807) is 6.07 Å². The average Bonchev–Trinajstić information content (AvgIpc) is 2.56. The summed E-state index contributed by atoms with van der Waals surface area (Å²) >= 11 is 3.14. The van der Waals surface area contributed by atoms with Crippen molar-refractivity contribution in [3.63, 3.8) is 0 Å². The fourth-order valence-corrected chi connectivity index (χ4v) is 3.50. The summed E-state index contributed by atoms with van der Waals surface area (Å²) in [5, 5.41) is 0. The molecule has 1 unspecified atom stereocenters. The molecule has 5 heteroatoms. The second-order valence-electron chi connectivity index (χ2n) is 9.27. The maximum absolute atomic E-state index is 13.5. The van der Waals surface area contributed by atoms with E-state index in [1.165, 1.54) is 31.7 Å². The van der Waals surface area contributed by atoms with Crippen LogP contribution in [-0.2, 0) is 6.18 Å². The lowest BCUT2D eigenvalue weighted by Gasteiger charge is -2.45. The van der Waals surface area contributed by atoms with Gasteiger partial charge in [-0.15, -0.1) is 0 Å². The second-order valence-corrected chi connectivity index (χ2v) is 10.2. The van der Waals surface area contributed by atoms with E-state index in [1.807, 2.05) is 0 Å². The summed E-state index contributed by atoms with van der Waals surface area (Å²) in [6.07, 6.45) is 2.89. The van der Waals surface area contributed by atoms with Crippen LogP contribution in [-0.4, -0.2) is 6.10 Å². The molecule has 0 fully saturated rings. The molecule has 0 heterocycles. The van der Waals surface area contributed by atoms with E-state index in [0.717, 1.165) is 25.3 Å². The number of unbranched alkanes of at least 4 members (excludes halogenated alkanes) is 5. The minimum atomic E-state index is -4.45. The molecule has 0 amide bonds. The van der Waals surface area contributed by atoms with Crippen LogP contribution in [0.25, 0.3) is 0 Å². The molecule has 0 spiro atoms. The molecule has 1 aromatic carbocycles. The first-order valence-corrected chi connectivity index (χ1v) is 11.1. The highest BCUT2D eigenvalue weighted by Gasteiger charge is 2.43. The maximum Gasteiger partial charge on any atom is 0.420 e. The van der Waals surface area contributed by atoms with E-state index in [2.05, 4.69) is 57.5 Å². The molecule has 1 rings (SSSR count). The highest BCUT2D eigenvalue weighted by Crippen LogP contribution is 2.46. The summed E-state index contributed by atoms with van der Waals surface area (Å²) in [5.74, 6) is -0.0796. The normalized spacial score (nSPS) is 14.2. The quantitative estimate of drug-likeness (QED) is 0.313. The van der Waals surface area contributed by atoms with Gasteiger partial charge in [-0.05, 0) is 36.5 Å². The molecule has 0 saturated carbocycles. The van der Waals surface area contributed by atoms with Gasteiger partial charge in [0.2, 0.25) is 0 Å². The number of benzene rings is 1. The van der Waals surface area contributed by atoms with E-state index in [-0.39, 0.29) is 22.7 Å². The van der Waals surface area contributed by atoms with Gasteiger partial charge in [0.15, 0.2) is 0 Å². The van der Waals surface area contributed by atoms with Crippen LogP contribution in [0.4, 0.5) is 13.2 Å². The van der Waals surface area contributed by atoms with Gasteiger partial charge in [-0.2, -0.15) is 13.2 Å². The summed E-state index contributed by atoms with van der Waals surface area (Å²) in [5.41, 5.74) is -1.11. The third kappa shape index (κ3) is 7.27. The van der Waals surface area contributed by atoms with Gasteiger partial charge in [0, 0.05) is 9.89 Å². The molecule has 0 bridgehead atoms. The highest BCUT2D eigenvalue weighted by molar-refractivity contribution is 9.10. The molecule has 0 saturated heterocycles. The lowest BCUT2D eigenvalue weighted by atomic mass is 9.65. The average molecular weight is 465 g/mol. The minimum Gasteiger partial charge on any atom is -0.489 e. The summed E-state index contributed by atoms with van der Waals surface area (Å²) in [4.78, 5) is 0. The molecule has 1 nitrogen and oxygen atoms in total. The predicted molar refractivity (Wildman–Crippen MR) is 115 cm³/mol. The van der Waals surface area contributed by atoms with Crippen LogP contribution in [0.2, 0.25) is 0 Å². The van der Waals surface area contributed by atoms with Gasteiger partial charge >= 0.3 is 6.18 Å². The van der Waals surface area contributed by atoms with Gasteiger partial charge < -0.3 is 4.74 Å². The van der Waals surface area contributed by atoms with Crippen LogP contribution in [0.15, 0.2) is 22.7 Å². The third-order valence-corrected chi connectivity index (χ3v) is 6.57. The van der Waals surface area contributed by atoms with Crippen molar-refractivity contribution in [3.05, 3.63) is 28.2 Å². The van der Waals surface area contributed by atoms with Crippen molar-refractivity contribution < 1.29 is 17.9 Å². The summed E-state index contributed by atoms with van der Waals surface area (Å²) in [6.45, 7) is 12.7. The van der Waals surface area contributed by atoms with Crippen molar-refractivity contribution in [2.45, 2.75) is 98.8 Å². The Kier molecular flexibility index (Phi) is 9.37. The zero-order valence-electron chi connectivity index (χ0n) is 18.2. The summed E-state index contributed by atoms with van der Waals surface area (Å²) in [7, 11) is 0. The van der Waals surface area contributed by atoms with Gasteiger partial charge in [0.25, 0.3) is 0 Å². The molecule has 1 aromatic rings. The van der Waals surface area contributed by atoms with Gasteiger partial charge in [-0.25, -0.2) is 0 Å². The standard InChI is InChI=1S/C23H36BrF3O/c1-7-8-9-10-11-12-13-20(22(5,6)21(2,3)4)28-19-15-14-17(24)16-18(19)23(25,26)27/h14-16,20H,7-13H2,1-6H3. The van der Waals surface area contributed by atoms with Crippen molar-refractivity contribution in [2.24, 2.45) is 10.8 Å². The number of alkyl halides is 3. The Labute approximate surface area is 177 Å². The molecule has 1 atom stereocenters. The number of hydrogen-bond donors (Lipinski definition) is 0. The maximum atomic E-state index is 13.5. The van der Waals surface area contributed by atoms with Crippen molar-refractivity contribution in [1.29, 1.82) is 0 Å². The summed E-state index contributed by atoms with van der Waals surface area (Å²) in [6, 6.07) is 4.14. The van der Waals surface area contributed by atoms with E-state index in [4.69, 9.17) is 4.74 Å². The van der Waals surface area contributed by atoms with Crippen molar-refractivity contribution in [2.75, 3.05) is 0 Å². The fourth-order valence-electron chi connectivity index (χ4n) is 3.14. The Balaban J connectivity index is 3.04. The second kappa shape index (κ2) is 10.4. The van der Waals surface area contributed by atoms with Crippen LogP contribution in [0, 0.1) is 10.8 Å². The van der Waals surface area contributed by atoms with Gasteiger partial charge in [-0.3, -0.25) is 0 Å². The van der Waals surface area contributed by atoms with E-state index < -0.39 is 11.7 Å². The van der Waals surface area contributed by atoms with E-state index >= 15 is 0 Å². The lowest BCUT2D eigenvalue weighted by Crippen LogP contribution is -2.44. The van der Waals surface area contributed by atoms with Crippen LogP contribution in [0.5, 0.6) is 5.75 Å². The third-order valence-electron chi connectivity index (χ3n) is 6.07. The van der Waals surface area contributed by atoms with Crippen LogP contribution in [0.1, 0.15) is 92.1 Å². The molecule has 28 heavy (non-hydrogen) atoms. The molecule has 0 N–H and O–H groups in total. The van der Waals surface area contributed by atoms with E-state index in [0.29, 0.717) is 4.47 Å².